The van der Waals surface area contributed by atoms with E-state index in [1.54, 1.807) is 0 Å². The number of aromatic nitrogens is 1. The van der Waals surface area contributed by atoms with Gasteiger partial charge in [-0.2, -0.15) is 0 Å². The lowest BCUT2D eigenvalue weighted by atomic mass is 10.1. The highest BCUT2D eigenvalue weighted by molar-refractivity contribution is 9.10. The summed E-state index contributed by atoms with van der Waals surface area (Å²) in [7, 11) is 0. The van der Waals surface area contributed by atoms with Gasteiger partial charge in [0.25, 0.3) is 0 Å². The highest BCUT2D eigenvalue weighted by Crippen LogP contribution is 2.19. The predicted molar refractivity (Wildman–Crippen MR) is 91.1 cm³/mol. The SMILES string of the molecule is CC(NCc1ccc2cnccc2c1)c1cccc(Br)c1. The minimum Gasteiger partial charge on any atom is -0.306 e. The van der Waals surface area contributed by atoms with Crippen molar-refractivity contribution in [1.29, 1.82) is 0 Å². The fraction of sp³-hybridized carbons (Fsp3) is 0.167. The van der Waals surface area contributed by atoms with Crippen LogP contribution in [0.1, 0.15) is 24.1 Å². The second-order valence-electron chi connectivity index (χ2n) is 5.21. The van der Waals surface area contributed by atoms with Crippen molar-refractivity contribution in [3.8, 4) is 0 Å². The van der Waals surface area contributed by atoms with E-state index in [4.69, 9.17) is 0 Å². The van der Waals surface area contributed by atoms with E-state index in [1.165, 1.54) is 21.9 Å². The van der Waals surface area contributed by atoms with E-state index in [-0.39, 0.29) is 0 Å². The summed E-state index contributed by atoms with van der Waals surface area (Å²) in [6, 6.07) is 17.3. The Bertz CT molecular complexity index is 755. The second kappa shape index (κ2) is 6.37. The van der Waals surface area contributed by atoms with E-state index in [0.717, 1.165) is 11.0 Å². The lowest BCUT2D eigenvalue weighted by Gasteiger charge is -2.15. The smallest absolute Gasteiger partial charge is 0.0346 e. The van der Waals surface area contributed by atoms with Gasteiger partial charge >= 0.3 is 0 Å². The largest absolute Gasteiger partial charge is 0.306 e. The van der Waals surface area contributed by atoms with Crippen molar-refractivity contribution >= 4 is 26.7 Å². The van der Waals surface area contributed by atoms with E-state index in [0.29, 0.717) is 6.04 Å². The number of hydrogen-bond acceptors (Lipinski definition) is 2. The molecule has 1 heterocycles. The Balaban J connectivity index is 1.71. The van der Waals surface area contributed by atoms with E-state index in [2.05, 4.69) is 75.6 Å². The van der Waals surface area contributed by atoms with Gasteiger partial charge in [0.1, 0.15) is 0 Å². The van der Waals surface area contributed by atoms with Gasteiger partial charge in [-0.05, 0) is 47.7 Å². The first-order chi connectivity index (χ1) is 10.2. The van der Waals surface area contributed by atoms with Gasteiger partial charge in [-0.1, -0.05) is 40.2 Å². The monoisotopic (exact) mass is 340 g/mol. The van der Waals surface area contributed by atoms with Gasteiger partial charge in [0.15, 0.2) is 0 Å². The Kier molecular flexibility index (Phi) is 4.32. The molecule has 3 rings (SSSR count). The molecule has 1 unspecified atom stereocenters. The van der Waals surface area contributed by atoms with Gasteiger partial charge < -0.3 is 5.32 Å². The zero-order valence-corrected chi connectivity index (χ0v) is 13.5. The van der Waals surface area contributed by atoms with Gasteiger partial charge in [-0.3, -0.25) is 4.98 Å². The van der Waals surface area contributed by atoms with Crippen molar-refractivity contribution in [2.24, 2.45) is 0 Å². The van der Waals surface area contributed by atoms with E-state index >= 15 is 0 Å². The Morgan fingerprint density at radius 2 is 2.00 bits per heavy atom. The molecule has 3 aromatic rings. The van der Waals surface area contributed by atoms with Crippen LogP contribution in [0.4, 0.5) is 0 Å². The fourth-order valence-corrected chi connectivity index (χ4v) is 2.82. The summed E-state index contributed by atoms with van der Waals surface area (Å²) < 4.78 is 1.12. The summed E-state index contributed by atoms with van der Waals surface area (Å²) in [5.41, 5.74) is 2.57. The molecule has 0 aliphatic heterocycles. The van der Waals surface area contributed by atoms with Gasteiger partial charge in [0, 0.05) is 34.8 Å². The Labute approximate surface area is 133 Å². The predicted octanol–water partition coefficient (Wildman–Crippen LogP) is 4.85. The normalized spacial score (nSPS) is 12.5. The number of benzene rings is 2. The zero-order chi connectivity index (χ0) is 14.7. The standard InChI is InChI=1S/C18H17BrN2/c1-13(15-3-2-4-18(19)10-15)21-11-14-5-6-17-12-20-8-7-16(17)9-14/h2-10,12-13,21H,11H2,1H3. The number of halogens is 1. The third kappa shape index (κ3) is 3.49. The first kappa shape index (κ1) is 14.2. The number of fused-ring (bicyclic) bond motifs is 1. The summed E-state index contributed by atoms with van der Waals surface area (Å²) in [6.07, 6.45) is 3.74. The number of nitrogens with zero attached hydrogens (tertiary/aromatic N) is 1. The first-order valence-corrected chi connectivity index (χ1v) is 7.83. The van der Waals surface area contributed by atoms with Crippen molar-refractivity contribution in [1.82, 2.24) is 10.3 Å². The molecular formula is C18H17BrN2. The maximum Gasteiger partial charge on any atom is 0.0346 e. The average Bonchev–Trinajstić information content (AvgIpc) is 2.52. The maximum absolute atomic E-state index is 4.14. The summed E-state index contributed by atoms with van der Waals surface area (Å²) in [5.74, 6) is 0. The van der Waals surface area contributed by atoms with Crippen molar-refractivity contribution in [2.75, 3.05) is 0 Å². The lowest BCUT2D eigenvalue weighted by Crippen LogP contribution is -2.18. The molecule has 106 valence electrons. The third-order valence-electron chi connectivity index (χ3n) is 3.67. The molecule has 0 fully saturated rings. The second-order valence-corrected chi connectivity index (χ2v) is 6.13. The average molecular weight is 341 g/mol. The van der Waals surface area contributed by atoms with Crippen molar-refractivity contribution in [2.45, 2.75) is 19.5 Å². The molecule has 3 heteroatoms. The van der Waals surface area contributed by atoms with E-state index < -0.39 is 0 Å². The Hall–Kier alpha value is -1.71. The Morgan fingerprint density at radius 1 is 1.10 bits per heavy atom. The topological polar surface area (TPSA) is 24.9 Å². The zero-order valence-electron chi connectivity index (χ0n) is 11.9. The van der Waals surface area contributed by atoms with Crippen LogP contribution in [0.15, 0.2) is 65.4 Å². The van der Waals surface area contributed by atoms with Gasteiger partial charge in [-0.15, -0.1) is 0 Å². The van der Waals surface area contributed by atoms with Crippen molar-refractivity contribution < 1.29 is 0 Å². The number of nitrogens with one attached hydrogen (secondary N) is 1. The molecule has 0 bridgehead atoms. The molecular weight excluding hydrogens is 324 g/mol. The molecule has 0 saturated heterocycles. The first-order valence-electron chi connectivity index (χ1n) is 7.04. The number of rotatable bonds is 4. The summed E-state index contributed by atoms with van der Waals surface area (Å²) >= 11 is 3.52. The summed E-state index contributed by atoms with van der Waals surface area (Å²) in [4.78, 5) is 4.14. The molecule has 0 radical (unpaired) electrons. The molecule has 2 aromatic carbocycles. The molecule has 0 saturated carbocycles. The van der Waals surface area contributed by atoms with Gasteiger partial charge in [-0.25, -0.2) is 0 Å². The number of hydrogen-bond donors (Lipinski definition) is 1. The van der Waals surface area contributed by atoms with Crippen LogP contribution >= 0.6 is 15.9 Å². The van der Waals surface area contributed by atoms with Crippen LogP contribution in [0.2, 0.25) is 0 Å². The van der Waals surface area contributed by atoms with Crippen molar-refractivity contribution in [3.05, 3.63) is 76.5 Å². The van der Waals surface area contributed by atoms with Crippen LogP contribution < -0.4 is 5.32 Å². The maximum atomic E-state index is 4.14. The Morgan fingerprint density at radius 3 is 2.86 bits per heavy atom. The molecule has 1 aromatic heterocycles. The number of pyridine rings is 1. The molecule has 0 amide bonds. The lowest BCUT2D eigenvalue weighted by molar-refractivity contribution is 0.575. The highest BCUT2D eigenvalue weighted by atomic mass is 79.9. The molecule has 0 aliphatic rings. The minimum absolute atomic E-state index is 0.315. The van der Waals surface area contributed by atoms with Gasteiger partial charge in [0.05, 0.1) is 0 Å². The van der Waals surface area contributed by atoms with E-state index in [1.807, 2.05) is 18.5 Å². The summed E-state index contributed by atoms with van der Waals surface area (Å²) in [5, 5.41) is 5.99. The minimum atomic E-state index is 0.315. The molecule has 0 aliphatic carbocycles. The van der Waals surface area contributed by atoms with Crippen molar-refractivity contribution in [3.63, 3.8) is 0 Å². The molecule has 21 heavy (non-hydrogen) atoms. The molecule has 1 N–H and O–H groups in total. The molecule has 2 nitrogen and oxygen atoms in total. The quantitative estimate of drug-likeness (QED) is 0.734. The molecule has 1 atom stereocenters. The van der Waals surface area contributed by atoms with Crippen LogP contribution in [0.3, 0.4) is 0 Å². The fourth-order valence-electron chi connectivity index (χ4n) is 2.41. The van der Waals surface area contributed by atoms with Gasteiger partial charge in [0.2, 0.25) is 0 Å². The van der Waals surface area contributed by atoms with Crippen LogP contribution in [0, 0.1) is 0 Å². The van der Waals surface area contributed by atoms with Crippen LogP contribution in [0.25, 0.3) is 10.8 Å². The highest BCUT2D eigenvalue weighted by Gasteiger charge is 2.05. The van der Waals surface area contributed by atoms with E-state index in [9.17, 15) is 0 Å². The molecule has 0 spiro atoms. The van der Waals surface area contributed by atoms with Crippen LogP contribution in [0.5, 0.6) is 0 Å². The van der Waals surface area contributed by atoms with Crippen LogP contribution in [-0.4, -0.2) is 4.98 Å². The summed E-state index contributed by atoms with van der Waals surface area (Å²) in [6.45, 7) is 3.04. The third-order valence-corrected chi connectivity index (χ3v) is 4.16. The van der Waals surface area contributed by atoms with Crippen LogP contribution in [-0.2, 0) is 6.54 Å².